The number of benzene rings is 1. The van der Waals surface area contributed by atoms with Gasteiger partial charge in [0, 0.05) is 26.3 Å². The van der Waals surface area contributed by atoms with Crippen LogP contribution in [0.4, 0.5) is 5.69 Å². The number of hydrogen-bond donors (Lipinski definition) is 0. The molecule has 20 heavy (non-hydrogen) atoms. The maximum absolute atomic E-state index is 5.44. The third kappa shape index (κ3) is 1.72. The number of aryl methyl sites for hydroxylation is 1. The van der Waals surface area contributed by atoms with Crippen molar-refractivity contribution >= 4 is 27.6 Å². The van der Waals surface area contributed by atoms with E-state index in [2.05, 4.69) is 26.1 Å². The molecule has 1 aromatic carbocycles. The summed E-state index contributed by atoms with van der Waals surface area (Å²) in [5.41, 5.74) is 3.95. The largest absolute Gasteiger partial charge is 0.378 e. The van der Waals surface area contributed by atoms with Gasteiger partial charge in [-0.1, -0.05) is 0 Å². The van der Waals surface area contributed by atoms with Crippen molar-refractivity contribution in [1.82, 2.24) is 20.0 Å². The highest BCUT2D eigenvalue weighted by Crippen LogP contribution is 2.31. The lowest BCUT2D eigenvalue weighted by molar-refractivity contribution is 0.123. The zero-order valence-electron chi connectivity index (χ0n) is 11.3. The van der Waals surface area contributed by atoms with Crippen molar-refractivity contribution in [1.29, 1.82) is 0 Å². The Morgan fingerprint density at radius 3 is 2.70 bits per heavy atom. The fraction of sp³-hybridized carbons (Fsp3) is 0.357. The quantitative estimate of drug-likeness (QED) is 0.667. The van der Waals surface area contributed by atoms with Crippen LogP contribution in [0.15, 0.2) is 24.4 Å². The van der Waals surface area contributed by atoms with Crippen molar-refractivity contribution in [3.8, 4) is 0 Å². The van der Waals surface area contributed by atoms with E-state index in [0.717, 1.165) is 48.2 Å². The molecule has 0 N–H and O–H groups in total. The molecular formula is C14H15N5O. The Labute approximate surface area is 116 Å². The molecule has 1 aliphatic rings. The highest BCUT2D eigenvalue weighted by Gasteiger charge is 2.17. The lowest BCUT2D eigenvalue weighted by atomic mass is 10.1. The second-order valence-electron chi connectivity index (χ2n) is 4.95. The first-order valence-electron chi connectivity index (χ1n) is 6.74. The number of ether oxygens (including phenoxy) is 1. The van der Waals surface area contributed by atoms with Crippen LogP contribution in [0.25, 0.3) is 21.9 Å². The van der Waals surface area contributed by atoms with Gasteiger partial charge in [-0.3, -0.25) is 4.98 Å². The first-order chi connectivity index (χ1) is 9.83. The minimum atomic E-state index is 0.764. The lowest BCUT2D eigenvalue weighted by Gasteiger charge is -2.29. The Kier molecular flexibility index (Phi) is 2.56. The minimum absolute atomic E-state index is 0.764. The SMILES string of the molecule is Cn1nc2ccc3nccc(N4CCOCC4)c3c2n1. The summed E-state index contributed by atoms with van der Waals surface area (Å²) in [4.78, 5) is 8.41. The average molecular weight is 269 g/mol. The van der Waals surface area contributed by atoms with E-state index in [4.69, 9.17) is 4.74 Å². The van der Waals surface area contributed by atoms with E-state index in [-0.39, 0.29) is 0 Å². The molecule has 0 unspecified atom stereocenters. The number of pyridine rings is 1. The van der Waals surface area contributed by atoms with Gasteiger partial charge in [-0.25, -0.2) is 0 Å². The second-order valence-corrected chi connectivity index (χ2v) is 4.95. The molecule has 102 valence electrons. The topological polar surface area (TPSA) is 56.1 Å². The third-order valence-electron chi connectivity index (χ3n) is 3.69. The van der Waals surface area contributed by atoms with Crippen molar-refractivity contribution in [2.75, 3.05) is 31.2 Å². The summed E-state index contributed by atoms with van der Waals surface area (Å²) in [5, 5.41) is 9.97. The van der Waals surface area contributed by atoms with Crippen LogP contribution in [0.2, 0.25) is 0 Å². The summed E-state index contributed by atoms with van der Waals surface area (Å²) >= 11 is 0. The van der Waals surface area contributed by atoms with Gasteiger partial charge < -0.3 is 9.64 Å². The number of anilines is 1. The van der Waals surface area contributed by atoms with Gasteiger partial charge in [-0.15, -0.1) is 0 Å². The number of morpholine rings is 1. The summed E-state index contributed by atoms with van der Waals surface area (Å²) in [6.07, 6.45) is 1.86. The van der Waals surface area contributed by atoms with Crippen LogP contribution in [0.3, 0.4) is 0 Å². The van der Waals surface area contributed by atoms with Gasteiger partial charge in [0.15, 0.2) is 0 Å². The zero-order chi connectivity index (χ0) is 13.5. The van der Waals surface area contributed by atoms with Gasteiger partial charge in [0.05, 0.1) is 29.8 Å². The molecule has 0 amide bonds. The van der Waals surface area contributed by atoms with Gasteiger partial charge in [-0.2, -0.15) is 15.0 Å². The Morgan fingerprint density at radius 1 is 1.05 bits per heavy atom. The zero-order valence-corrected chi connectivity index (χ0v) is 11.3. The molecule has 0 spiro atoms. The first-order valence-corrected chi connectivity index (χ1v) is 6.74. The Hall–Kier alpha value is -2.21. The van der Waals surface area contributed by atoms with E-state index in [1.807, 2.05) is 25.4 Å². The summed E-state index contributed by atoms with van der Waals surface area (Å²) in [5.74, 6) is 0. The van der Waals surface area contributed by atoms with E-state index in [1.165, 1.54) is 5.69 Å². The smallest absolute Gasteiger partial charge is 0.124 e. The number of fused-ring (bicyclic) bond motifs is 3. The number of hydrogen-bond acceptors (Lipinski definition) is 5. The molecule has 2 aromatic heterocycles. The van der Waals surface area contributed by atoms with Crippen LogP contribution in [-0.4, -0.2) is 46.3 Å². The Bertz CT molecular complexity index is 776. The van der Waals surface area contributed by atoms with Crippen LogP contribution >= 0.6 is 0 Å². The van der Waals surface area contributed by atoms with Gasteiger partial charge in [0.1, 0.15) is 11.0 Å². The minimum Gasteiger partial charge on any atom is -0.378 e. The van der Waals surface area contributed by atoms with Crippen molar-refractivity contribution < 1.29 is 4.74 Å². The summed E-state index contributed by atoms with van der Waals surface area (Å²) < 4.78 is 5.44. The Morgan fingerprint density at radius 2 is 1.85 bits per heavy atom. The van der Waals surface area contributed by atoms with Crippen LogP contribution in [0, 0.1) is 0 Å². The fourth-order valence-corrected chi connectivity index (χ4v) is 2.77. The first kappa shape index (κ1) is 11.6. The van der Waals surface area contributed by atoms with Crippen LogP contribution < -0.4 is 4.90 Å². The van der Waals surface area contributed by atoms with E-state index >= 15 is 0 Å². The molecule has 0 atom stereocenters. The maximum Gasteiger partial charge on any atom is 0.124 e. The maximum atomic E-state index is 5.44. The van der Waals surface area contributed by atoms with Crippen LogP contribution in [-0.2, 0) is 11.8 Å². The summed E-state index contributed by atoms with van der Waals surface area (Å²) in [6, 6.07) is 6.04. The van der Waals surface area contributed by atoms with Crippen LogP contribution in [0.1, 0.15) is 0 Å². The molecule has 3 aromatic rings. The predicted octanol–water partition coefficient (Wildman–Crippen LogP) is 1.35. The molecule has 3 heterocycles. The molecule has 1 aliphatic heterocycles. The average Bonchev–Trinajstić information content (AvgIpc) is 2.88. The van der Waals surface area contributed by atoms with E-state index < -0.39 is 0 Å². The highest BCUT2D eigenvalue weighted by molar-refractivity contribution is 6.09. The molecular weight excluding hydrogens is 254 g/mol. The molecule has 0 aliphatic carbocycles. The van der Waals surface area contributed by atoms with Gasteiger partial charge >= 0.3 is 0 Å². The van der Waals surface area contributed by atoms with E-state index in [1.54, 1.807) is 4.80 Å². The van der Waals surface area contributed by atoms with Gasteiger partial charge in [-0.05, 0) is 18.2 Å². The number of rotatable bonds is 1. The van der Waals surface area contributed by atoms with Crippen molar-refractivity contribution in [3.63, 3.8) is 0 Å². The van der Waals surface area contributed by atoms with Crippen molar-refractivity contribution in [2.24, 2.45) is 7.05 Å². The van der Waals surface area contributed by atoms with Gasteiger partial charge in [0.2, 0.25) is 0 Å². The fourth-order valence-electron chi connectivity index (χ4n) is 2.77. The number of aromatic nitrogens is 4. The molecule has 6 nitrogen and oxygen atoms in total. The highest BCUT2D eigenvalue weighted by atomic mass is 16.5. The standard InChI is InChI=1S/C14H15N5O/c1-18-16-11-3-2-10-13(14(11)17-18)12(4-5-15-10)19-6-8-20-9-7-19/h2-5H,6-9H2,1H3. The van der Waals surface area contributed by atoms with E-state index in [0.29, 0.717) is 0 Å². The molecule has 1 fully saturated rings. The molecule has 1 saturated heterocycles. The van der Waals surface area contributed by atoms with Crippen molar-refractivity contribution in [2.45, 2.75) is 0 Å². The second kappa shape index (κ2) is 4.42. The number of nitrogens with zero attached hydrogens (tertiary/aromatic N) is 5. The Balaban J connectivity index is 2.01. The molecule has 6 heteroatoms. The third-order valence-corrected chi connectivity index (χ3v) is 3.69. The molecule has 0 saturated carbocycles. The predicted molar refractivity (Wildman–Crippen MR) is 76.8 cm³/mol. The van der Waals surface area contributed by atoms with Crippen LogP contribution in [0.5, 0.6) is 0 Å². The monoisotopic (exact) mass is 269 g/mol. The van der Waals surface area contributed by atoms with E-state index in [9.17, 15) is 0 Å². The molecule has 4 rings (SSSR count). The molecule has 0 radical (unpaired) electrons. The normalized spacial score (nSPS) is 16.1. The summed E-state index contributed by atoms with van der Waals surface area (Å²) in [7, 11) is 1.84. The summed E-state index contributed by atoms with van der Waals surface area (Å²) in [6.45, 7) is 3.33. The van der Waals surface area contributed by atoms with Crippen molar-refractivity contribution in [3.05, 3.63) is 24.4 Å². The molecule has 0 bridgehead atoms. The lowest BCUT2D eigenvalue weighted by Crippen LogP contribution is -2.36. The van der Waals surface area contributed by atoms with Gasteiger partial charge in [0.25, 0.3) is 0 Å².